The molecule has 0 atom stereocenters. The number of methoxy groups -OCH3 is 1. The van der Waals surface area contributed by atoms with Gasteiger partial charge in [-0.2, -0.15) is 0 Å². The molecule has 2 rings (SSSR count). The fraction of sp³-hybridized carbons (Fsp3) is 0.250. The second-order valence-corrected chi connectivity index (χ2v) is 6.22. The van der Waals surface area contributed by atoms with E-state index in [1.165, 1.54) is 11.9 Å². The third-order valence-electron chi connectivity index (χ3n) is 4.03. The number of rotatable bonds is 6. The number of nitrogens with zero attached hydrogens (tertiary/aromatic N) is 1. The molecule has 126 valence electrons. The smallest absolute Gasteiger partial charge is 0.139 e. The van der Waals surface area contributed by atoms with Gasteiger partial charge in [0.25, 0.3) is 0 Å². The molecule has 0 bridgehead atoms. The van der Waals surface area contributed by atoms with Gasteiger partial charge < -0.3 is 15.8 Å². The maximum atomic E-state index is 5.55. The Labute approximate surface area is 143 Å². The van der Waals surface area contributed by atoms with Crippen LogP contribution >= 0.6 is 0 Å². The number of ether oxygens (including phenoxy) is 1. The number of nitrogens with two attached hydrogens (primary N) is 1. The van der Waals surface area contributed by atoms with Crippen molar-refractivity contribution in [3.05, 3.63) is 64.5 Å². The molecular formula is C20H25N3O. The zero-order valence-corrected chi connectivity index (χ0v) is 14.5. The topological polar surface area (TPSA) is 59.6 Å². The van der Waals surface area contributed by atoms with E-state index in [0.29, 0.717) is 18.1 Å². The van der Waals surface area contributed by atoms with Gasteiger partial charge in [-0.3, -0.25) is 0 Å². The summed E-state index contributed by atoms with van der Waals surface area (Å²) in [6, 6.07) is 16.1. The Hall–Kier alpha value is -2.75. The summed E-state index contributed by atoms with van der Waals surface area (Å²) in [5.41, 5.74) is 6.73. The van der Waals surface area contributed by atoms with Gasteiger partial charge in [-0.15, -0.1) is 0 Å². The molecule has 2 aromatic rings. The number of benzene rings is 2. The molecule has 0 saturated heterocycles. The minimum absolute atomic E-state index is 0.0695. The molecule has 0 aromatic heterocycles. The predicted molar refractivity (Wildman–Crippen MR) is 101 cm³/mol. The molecule has 4 heteroatoms. The average Bonchev–Trinajstić information content (AvgIpc) is 2.59. The number of hydrogen-bond acceptors (Lipinski definition) is 3. The van der Waals surface area contributed by atoms with Gasteiger partial charge in [0.1, 0.15) is 11.6 Å². The van der Waals surface area contributed by atoms with Crippen molar-refractivity contribution in [2.24, 2.45) is 10.7 Å². The molecule has 0 aliphatic rings. The van der Waals surface area contributed by atoms with Crippen LogP contribution in [0.25, 0.3) is 12.4 Å². The summed E-state index contributed by atoms with van der Waals surface area (Å²) in [7, 11) is 1.63. The van der Waals surface area contributed by atoms with E-state index in [2.05, 4.69) is 42.9 Å². The lowest BCUT2D eigenvalue weighted by Crippen LogP contribution is -2.37. The molecule has 0 fully saturated rings. The Morgan fingerprint density at radius 2 is 1.92 bits per heavy atom. The van der Waals surface area contributed by atoms with Crippen LogP contribution in [0.1, 0.15) is 19.4 Å². The average molecular weight is 323 g/mol. The summed E-state index contributed by atoms with van der Waals surface area (Å²) in [5.74, 6) is 1.37. The van der Waals surface area contributed by atoms with Gasteiger partial charge in [-0.25, -0.2) is 4.99 Å². The van der Waals surface area contributed by atoms with Crippen molar-refractivity contribution in [2.75, 3.05) is 13.7 Å². The summed E-state index contributed by atoms with van der Waals surface area (Å²) in [6.07, 6.45) is 1.28. The van der Waals surface area contributed by atoms with Crippen molar-refractivity contribution >= 4 is 18.7 Å². The summed E-state index contributed by atoms with van der Waals surface area (Å²) in [6.45, 7) is 9.15. The lowest BCUT2D eigenvalue weighted by molar-refractivity contribution is 0.410. The van der Waals surface area contributed by atoms with Crippen LogP contribution in [0.3, 0.4) is 0 Å². The number of aliphatic imine (C=N–C) groups is 1. The van der Waals surface area contributed by atoms with E-state index in [1.54, 1.807) is 7.11 Å². The Morgan fingerprint density at radius 1 is 1.21 bits per heavy atom. The van der Waals surface area contributed by atoms with Gasteiger partial charge in [0.05, 0.1) is 18.7 Å². The van der Waals surface area contributed by atoms with Gasteiger partial charge in [0, 0.05) is 12.0 Å². The summed E-state index contributed by atoms with van der Waals surface area (Å²) in [4.78, 5) is 4.30. The van der Waals surface area contributed by atoms with Crippen molar-refractivity contribution in [1.82, 2.24) is 5.32 Å². The molecule has 0 amide bonds. The predicted octanol–water partition coefficient (Wildman–Crippen LogP) is 1.73. The Bertz CT molecular complexity index is 811. The molecule has 0 aliphatic carbocycles. The summed E-state index contributed by atoms with van der Waals surface area (Å²) in [5, 5.41) is 5.07. The zero-order chi connectivity index (χ0) is 17.6. The first-order chi connectivity index (χ1) is 11.5. The second kappa shape index (κ2) is 7.68. The second-order valence-electron chi connectivity index (χ2n) is 6.22. The van der Waals surface area contributed by atoms with Crippen LogP contribution in [-0.4, -0.2) is 20.0 Å². The molecule has 0 unspecified atom stereocenters. The molecule has 0 saturated carbocycles. The largest absolute Gasteiger partial charge is 0.496 e. The van der Waals surface area contributed by atoms with E-state index in [1.807, 2.05) is 36.4 Å². The Morgan fingerprint density at radius 3 is 2.54 bits per heavy atom. The fourth-order valence-electron chi connectivity index (χ4n) is 2.58. The first-order valence-electron chi connectivity index (χ1n) is 7.89. The standard InChI is InChI=1S/C20H25N3O/c1-15-9-8-12-17(24-4)18(15)19(23-14-21)22-13-20(2,3)16-10-6-5-7-11-16/h5-12,14,22H,1,13H2,2-4H3,(H2,21,23)/b19-18+. The van der Waals surface area contributed by atoms with Crippen molar-refractivity contribution in [1.29, 1.82) is 0 Å². The maximum Gasteiger partial charge on any atom is 0.139 e. The van der Waals surface area contributed by atoms with Crippen LogP contribution in [0.15, 0.2) is 53.5 Å². The molecule has 2 aromatic carbocycles. The van der Waals surface area contributed by atoms with E-state index in [4.69, 9.17) is 10.5 Å². The molecule has 24 heavy (non-hydrogen) atoms. The SMILES string of the molecule is C=c1cccc(OC)/c1=C(/N=CN)NCC(C)(C)c1ccccc1. The lowest BCUT2D eigenvalue weighted by atomic mass is 9.84. The van der Waals surface area contributed by atoms with Crippen LogP contribution in [0, 0.1) is 0 Å². The highest BCUT2D eigenvalue weighted by Crippen LogP contribution is 2.22. The van der Waals surface area contributed by atoms with Crippen molar-refractivity contribution in [3.8, 4) is 5.75 Å². The van der Waals surface area contributed by atoms with Crippen LogP contribution in [0.2, 0.25) is 0 Å². The molecular weight excluding hydrogens is 298 g/mol. The first-order valence-corrected chi connectivity index (χ1v) is 7.89. The molecule has 0 heterocycles. The van der Waals surface area contributed by atoms with Crippen molar-refractivity contribution in [3.63, 3.8) is 0 Å². The summed E-state index contributed by atoms with van der Waals surface area (Å²) < 4.78 is 5.45. The third-order valence-corrected chi connectivity index (χ3v) is 4.03. The number of nitrogens with one attached hydrogen (secondary N) is 1. The van der Waals surface area contributed by atoms with E-state index >= 15 is 0 Å². The van der Waals surface area contributed by atoms with Gasteiger partial charge in [-0.1, -0.05) is 62.9 Å². The third kappa shape index (κ3) is 3.96. The highest BCUT2D eigenvalue weighted by Gasteiger charge is 2.20. The quantitative estimate of drug-likeness (QED) is 0.629. The van der Waals surface area contributed by atoms with Gasteiger partial charge >= 0.3 is 0 Å². The monoisotopic (exact) mass is 323 g/mol. The van der Waals surface area contributed by atoms with Crippen LogP contribution < -0.4 is 26.2 Å². The van der Waals surface area contributed by atoms with Crippen molar-refractivity contribution in [2.45, 2.75) is 19.3 Å². The lowest BCUT2D eigenvalue weighted by Gasteiger charge is -2.26. The molecule has 0 radical (unpaired) electrons. The highest BCUT2D eigenvalue weighted by molar-refractivity contribution is 5.62. The van der Waals surface area contributed by atoms with Crippen LogP contribution in [0.5, 0.6) is 5.75 Å². The maximum absolute atomic E-state index is 5.55. The fourth-order valence-corrected chi connectivity index (χ4v) is 2.58. The first kappa shape index (κ1) is 17.6. The zero-order valence-electron chi connectivity index (χ0n) is 14.5. The molecule has 0 spiro atoms. The normalized spacial score (nSPS) is 13.0. The molecule has 0 aliphatic heterocycles. The number of hydrogen-bond donors (Lipinski definition) is 2. The van der Waals surface area contributed by atoms with Gasteiger partial charge in [-0.05, 0) is 16.8 Å². The van der Waals surface area contributed by atoms with Crippen LogP contribution in [0.4, 0.5) is 0 Å². The molecule has 3 N–H and O–H groups in total. The minimum Gasteiger partial charge on any atom is -0.496 e. The minimum atomic E-state index is -0.0695. The van der Waals surface area contributed by atoms with Gasteiger partial charge in [0.2, 0.25) is 0 Å². The van der Waals surface area contributed by atoms with E-state index in [0.717, 1.165) is 10.4 Å². The van der Waals surface area contributed by atoms with E-state index in [-0.39, 0.29) is 5.41 Å². The van der Waals surface area contributed by atoms with E-state index < -0.39 is 0 Å². The highest BCUT2D eigenvalue weighted by atomic mass is 16.5. The summed E-state index contributed by atoms with van der Waals surface area (Å²) >= 11 is 0. The van der Waals surface area contributed by atoms with Crippen LogP contribution in [-0.2, 0) is 5.41 Å². The van der Waals surface area contributed by atoms with Crippen molar-refractivity contribution < 1.29 is 4.74 Å². The van der Waals surface area contributed by atoms with Gasteiger partial charge in [0.15, 0.2) is 0 Å². The van der Waals surface area contributed by atoms with E-state index in [9.17, 15) is 0 Å². The Balaban J connectivity index is 2.41. The molecule has 4 nitrogen and oxygen atoms in total. The Kier molecular flexibility index (Phi) is 5.64.